The number of aryl methyl sites for hydroxylation is 1. The Kier molecular flexibility index (Phi) is 2.64. The van der Waals surface area contributed by atoms with Gasteiger partial charge in [0.2, 0.25) is 11.8 Å². The molecule has 0 aliphatic carbocycles. The number of piperazine rings is 1. The molecule has 0 saturated carbocycles. The molecule has 0 bridgehead atoms. The summed E-state index contributed by atoms with van der Waals surface area (Å²) in [6, 6.07) is 7.08. The van der Waals surface area contributed by atoms with Gasteiger partial charge >= 0.3 is 0 Å². The van der Waals surface area contributed by atoms with E-state index >= 15 is 0 Å². The third-order valence-electron chi connectivity index (χ3n) is 2.72. The molecule has 1 saturated heterocycles. The minimum absolute atomic E-state index is 0.0662. The number of nitrogens with zero attached hydrogens (tertiary/aromatic N) is 1. The van der Waals surface area contributed by atoms with Crippen LogP contribution in [0.5, 0.6) is 0 Å². The number of amides is 2. The Bertz CT molecular complexity index is 425. The molecule has 1 aromatic carbocycles. The molecule has 2 amide bonds. The van der Waals surface area contributed by atoms with E-state index < -0.39 is 6.04 Å². The minimum Gasteiger partial charge on any atom is -0.339 e. The van der Waals surface area contributed by atoms with E-state index in [-0.39, 0.29) is 18.4 Å². The number of nitrogens with one attached hydrogen (secondary N) is 1. The van der Waals surface area contributed by atoms with Gasteiger partial charge in [0.25, 0.3) is 0 Å². The van der Waals surface area contributed by atoms with Gasteiger partial charge in [0.05, 0.1) is 6.54 Å². The summed E-state index contributed by atoms with van der Waals surface area (Å²) >= 11 is 0. The number of likely N-dealkylation sites (N-methyl/N-ethyl adjacent to an activating group) is 1. The maximum atomic E-state index is 11.9. The van der Waals surface area contributed by atoms with E-state index in [4.69, 9.17) is 0 Å². The second-order valence-corrected chi connectivity index (χ2v) is 4.11. The van der Waals surface area contributed by atoms with Gasteiger partial charge < -0.3 is 10.2 Å². The molecule has 1 heterocycles. The monoisotopic (exact) mass is 218 g/mol. The third kappa shape index (κ3) is 1.91. The van der Waals surface area contributed by atoms with Crippen LogP contribution in [0, 0.1) is 6.92 Å². The van der Waals surface area contributed by atoms with Crippen LogP contribution in [0.4, 0.5) is 0 Å². The van der Waals surface area contributed by atoms with Crippen LogP contribution >= 0.6 is 0 Å². The molecule has 84 valence electrons. The Balaban J connectivity index is 2.28. The Morgan fingerprint density at radius 2 is 1.88 bits per heavy atom. The van der Waals surface area contributed by atoms with Crippen LogP contribution in [-0.4, -0.2) is 30.3 Å². The molecule has 2 rings (SSSR count). The maximum Gasteiger partial charge on any atom is 0.250 e. The highest BCUT2D eigenvalue weighted by Gasteiger charge is 2.31. The Morgan fingerprint density at radius 3 is 2.50 bits per heavy atom. The number of carbonyl (C=O) groups is 2. The zero-order valence-corrected chi connectivity index (χ0v) is 9.36. The van der Waals surface area contributed by atoms with Gasteiger partial charge in [0, 0.05) is 7.05 Å². The van der Waals surface area contributed by atoms with Crippen LogP contribution in [0.2, 0.25) is 0 Å². The van der Waals surface area contributed by atoms with Crippen molar-refractivity contribution < 1.29 is 9.59 Å². The Labute approximate surface area is 94.2 Å². The molecule has 1 aromatic rings. The first-order chi connectivity index (χ1) is 7.58. The van der Waals surface area contributed by atoms with E-state index in [2.05, 4.69) is 5.32 Å². The lowest BCUT2D eigenvalue weighted by molar-refractivity contribution is -0.143. The lowest BCUT2D eigenvalue weighted by Gasteiger charge is -2.29. The molecule has 1 atom stereocenters. The molecule has 4 heteroatoms. The summed E-state index contributed by atoms with van der Waals surface area (Å²) in [7, 11) is 1.64. The van der Waals surface area contributed by atoms with Gasteiger partial charge in [0.15, 0.2) is 0 Å². The van der Waals surface area contributed by atoms with E-state index in [1.807, 2.05) is 31.2 Å². The van der Waals surface area contributed by atoms with Crippen molar-refractivity contribution in [3.63, 3.8) is 0 Å². The van der Waals surface area contributed by atoms with E-state index in [0.717, 1.165) is 11.1 Å². The molecule has 0 radical (unpaired) electrons. The normalized spacial score (nSPS) is 20.9. The number of carbonyl (C=O) groups excluding carboxylic acids is 2. The molecular weight excluding hydrogens is 204 g/mol. The predicted octanol–water partition coefficient (Wildman–Crippen LogP) is 0.624. The van der Waals surface area contributed by atoms with Crippen LogP contribution in [0.3, 0.4) is 0 Å². The maximum absolute atomic E-state index is 11.9. The fourth-order valence-electron chi connectivity index (χ4n) is 1.77. The smallest absolute Gasteiger partial charge is 0.250 e. The molecular formula is C12H14N2O2. The molecule has 1 N–H and O–H groups in total. The minimum atomic E-state index is -0.535. The first kappa shape index (κ1) is 10.7. The van der Waals surface area contributed by atoms with Gasteiger partial charge in [-0.1, -0.05) is 29.8 Å². The van der Waals surface area contributed by atoms with Crippen LogP contribution < -0.4 is 5.32 Å². The highest BCUT2D eigenvalue weighted by Crippen LogP contribution is 2.18. The van der Waals surface area contributed by atoms with Crippen molar-refractivity contribution in [2.45, 2.75) is 13.0 Å². The molecule has 4 nitrogen and oxygen atoms in total. The fraction of sp³-hybridized carbons (Fsp3) is 0.333. The van der Waals surface area contributed by atoms with Gasteiger partial charge in [0.1, 0.15) is 6.04 Å². The lowest BCUT2D eigenvalue weighted by atomic mass is 10.0. The molecule has 0 aromatic heterocycles. The summed E-state index contributed by atoms with van der Waals surface area (Å²) in [4.78, 5) is 24.7. The van der Waals surface area contributed by atoms with Crippen molar-refractivity contribution in [1.82, 2.24) is 10.2 Å². The van der Waals surface area contributed by atoms with Crippen molar-refractivity contribution in [3.05, 3.63) is 35.4 Å². The van der Waals surface area contributed by atoms with E-state index in [9.17, 15) is 9.59 Å². The van der Waals surface area contributed by atoms with Crippen LogP contribution in [-0.2, 0) is 9.59 Å². The highest BCUT2D eigenvalue weighted by molar-refractivity contribution is 5.95. The van der Waals surface area contributed by atoms with E-state index in [1.165, 1.54) is 4.90 Å². The SMILES string of the molecule is Cc1ccc([C@@H]2NC(=O)CN(C)C2=O)cc1. The molecule has 16 heavy (non-hydrogen) atoms. The third-order valence-corrected chi connectivity index (χ3v) is 2.72. The van der Waals surface area contributed by atoms with E-state index in [1.54, 1.807) is 7.05 Å². The first-order valence-electron chi connectivity index (χ1n) is 5.19. The zero-order chi connectivity index (χ0) is 11.7. The molecule has 1 aliphatic heterocycles. The summed E-state index contributed by atoms with van der Waals surface area (Å²) in [6.45, 7) is 2.12. The number of rotatable bonds is 1. The Hall–Kier alpha value is -1.84. The van der Waals surface area contributed by atoms with Gasteiger partial charge in [-0.2, -0.15) is 0 Å². The van der Waals surface area contributed by atoms with Gasteiger partial charge in [-0.25, -0.2) is 0 Å². The van der Waals surface area contributed by atoms with Crippen LogP contribution in [0.25, 0.3) is 0 Å². The lowest BCUT2D eigenvalue weighted by Crippen LogP contribution is -2.51. The molecule has 1 fully saturated rings. The van der Waals surface area contributed by atoms with Gasteiger partial charge in [-0.15, -0.1) is 0 Å². The van der Waals surface area contributed by atoms with Crippen LogP contribution in [0.1, 0.15) is 17.2 Å². The average Bonchev–Trinajstić information content (AvgIpc) is 2.25. The summed E-state index contributed by atoms with van der Waals surface area (Å²) in [5.74, 6) is -0.184. The predicted molar refractivity (Wildman–Crippen MR) is 59.7 cm³/mol. The fourth-order valence-corrected chi connectivity index (χ4v) is 1.77. The second kappa shape index (κ2) is 3.96. The largest absolute Gasteiger partial charge is 0.339 e. The van der Waals surface area contributed by atoms with Gasteiger partial charge in [-0.05, 0) is 12.5 Å². The highest BCUT2D eigenvalue weighted by atomic mass is 16.2. The molecule has 0 unspecified atom stereocenters. The number of benzene rings is 1. The number of hydrogen-bond donors (Lipinski definition) is 1. The topological polar surface area (TPSA) is 49.4 Å². The van der Waals surface area contributed by atoms with Crippen LogP contribution in [0.15, 0.2) is 24.3 Å². The zero-order valence-electron chi connectivity index (χ0n) is 9.36. The van der Waals surface area contributed by atoms with E-state index in [0.29, 0.717) is 0 Å². The van der Waals surface area contributed by atoms with Crippen molar-refractivity contribution in [2.75, 3.05) is 13.6 Å². The summed E-state index contributed by atoms with van der Waals surface area (Å²) in [5.41, 5.74) is 1.96. The van der Waals surface area contributed by atoms with Crippen molar-refractivity contribution >= 4 is 11.8 Å². The summed E-state index contributed by atoms with van der Waals surface area (Å²) in [5, 5.41) is 2.70. The van der Waals surface area contributed by atoms with Crippen molar-refractivity contribution in [3.8, 4) is 0 Å². The standard InChI is InChI=1S/C12H14N2O2/c1-8-3-5-9(6-4-8)11-12(16)14(2)7-10(15)13-11/h3-6,11H,7H2,1-2H3,(H,13,15)/t11-/m0/s1. The Morgan fingerprint density at radius 1 is 1.25 bits per heavy atom. The van der Waals surface area contributed by atoms with Crippen molar-refractivity contribution in [2.24, 2.45) is 0 Å². The quantitative estimate of drug-likeness (QED) is 0.751. The molecule has 0 spiro atoms. The summed E-state index contributed by atoms with van der Waals surface area (Å²) in [6.07, 6.45) is 0. The van der Waals surface area contributed by atoms with Gasteiger partial charge in [-0.3, -0.25) is 9.59 Å². The van der Waals surface area contributed by atoms with Crippen molar-refractivity contribution in [1.29, 1.82) is 0 Å². The first-order valence-corrected chi connectivity index (χ1v) is 5.19. The number of hydrogen-bond acceptors (Lipinski definition) is 2. The average molecular weight is 218 g/mol. The summed E-state index contributed by atoms with van der Waals surface area (Å²) < 4.78 is 0. The molecule has 1 aliphatic rings. The second-order valence-electron chi connectivity index (χ2n) is 4.11.